The number of hydrogen-bond acceptors (Lipinski definition) is 15. The van der Waals surface area contributed by atoms with E-state index >= 15 is 0 Å². The molecule has 0 aromatic heterocycles. The van der Waals surface area contributed by atoms with E-state index < -0.39 is 97.5 Å². The number of phosphoric acid groups is 2. The predicted molar refractivity (Wildman–Crippen MR) is 437 cm³/mol. The number of ether oxygens (including phenoxy) is 4. The minimum absolute atomic E-state index is 0.0846. The molecular formula is C87H166O17P2. The second-order valence-corrected chi connectivity index (χ2v) is 34.5. The molecule has 4 unspecified atom stereocenters. The van der Waals surface area contributed by atoms with E-state index in [2.05, 4.69) is 72.8 Å². The molecule has 0 bridgehead atoms. The highest BCUT2D eigenvalue weighted by atomic mass is 31.2. The van der Waals surface area contributed by atoms with Gasteiger partial charge < -0.3 is 33.8 Å². The Morgan fingerprint density at radius 2 is 0.557 bits per heavy atom. The fourth-order valence-corrected chi connectivity index (χ4v) is 14.5. The van der Waals surface area contributed by atoms with Gasteiger partial charge in [0, 0.05) is 25.7 Å². The van der Waals surface area contributed by atoms with Crippen molar-refractivity contribution in [3.8, 4) is 0 Å². The highest BCUT2D eigenvalue weighted by Gasteiger charge is 2.30. The van der Waals surface area contributed by atoms with Crippen molar-refractivity contribution in [2.24, 2.45) is 17.8 Å². The zero-order valence-corrected chi connectivity index (χ0v) is 71.2. The summed E-state index contributed by atoms with van der Waals surface area (Å²) >= 11 is 0. The van der Waals surface area contributed by atoms with Gasteiger partial charge in [-0.05, 0) is 69.1 Å². The summed E-state index contributed by atoms with van der Waals surface area (Å²) in [5, 5.41) is 10.7. The number of allylic oxidation sites excluding steroid dienone is 4. The lowest BCUT2D eigenvalue weighted by molar-refractivity contribution is -0.161. The highest BCUT2D eigenvalue weighted by Crippen LogP contribution is 2.45. The summed E-state index contributed by atoms with van der Waals surface area (Å²) in [6.07, 6.45) is 70.1. The van der Waals surface area contributed by atoms with Gasteiger partial charge in [0.15, 0.2) is 12.2 Å². The van der Waals surface area contributed by atoms with E-state index in [0.29, 0.717) is 25.7 Å². The number of unbranched alkanes of at least 4 members (excludes halogenated alkanes) is 46. The lowest BCUT2D eigenvalue weighted by Crippen LogP contribution is -2.30. The lowest BCUT2D eigenvalue weighted by Gasteiger charge is -2.21. The Balaban J connectivity index is 5.28. The zero-order valence-electron chi connectivity index (χ0n) is 69.4. The topological polar surface area (TPSA) is 237 Å². The normalized spacial score (nSPS) is 14.5. The number of aliphatic hydroxyl groups is 1. The van der Waals surface area contributed by atoms with E-state index in [1.165, 1.54) is 231 Å². The number of aliphatic hydroxyl groups excluding tert-OH is 1. The van der Waals surface area contributed by atoms with Gasteiger partial charge in [0.25, 0.3) is 0 Å². The Morgan fingerprint density at radius 3 is 0.840 bits per heavy atom. The van der Waals surface area contributed by atoms with Crippen molar-refractivity contribution >= 4 is 39.5 Å². The molecule has 0 saturated carbocycles. The smallest absolute Gasteiger partial charge is 0.462 e. The fraction of sp³-hybridized carbons (Fsp3) is 0.908. The Morgan fingerprint density at radius 1 is 0.311 bits per heavy atom. The Labute approximate surface area is 650 Å². The standard InChI is InChI=1S/C87H166O17P2/c1-8-11-12-13-14-15-16-17-22-30-35-40-49-56-63-70-87(92)104-83(75-98-85(90)69-62-55-48-43-42-46-53-60-67-80(7)10-3)77-102-106(95,96)100-73-81(88)72-99-105(93,94)101-76-82(74-97-84(89)68-61-54-47-39-34-29-26-25-27-32-37-44-51-58-65-78(4)5)103-86(91)71-64-57-50-41-36-31-24-21-19-18-20-23-28-33-38-45-52-59-66-79(6)9-2/h15-17,22,78-83,88H,8-14,18-21,23-77H2,1-7H3,(H,93,94)(H,95,96)/b16-15-,22-17-/t79?,80?,81-,82-,83-/m1/s1. The maximum Gasteiger partial charge on any atom is 0.472 e. The molecule has 3 N–H and O–H groups in total. The van der Waals surface area contributed by atoms with E-state index in [4.69, 9.17) is 37.0 Å². The first-order valence-electron chi connectivity index (χ1n) is 44.2. The molecule has 0 aliphatic rings. The zero-order chi connectivity index (χ0) is 77.9. The van der Waals surface area contributed by atoms with E-state index in [0.717, 1.165) is 120 Å². The van der Waals surface area contributed by atoms with Crippen LogP contribution in [0.4, 0.5) is 0 Å². The summed E-state index contributed by atoms with van der Waals surface area (Å²) < 4.78 is 68.9. The number of rotatable bonds is 83. The molecule has 0 radical (unpaired) electrons. The van der Waals surface area contributed by atoms with Gasteiger partial charge in [-0.15, -0.1) is 0 Å². The molecule has 0 aromatic rings. The molecule has 7 atom stereocenters. The van der Waals surface area contributed by atoms with Crippen LogP contribution in [0.2, 0.25) is 0 Å². The van der Waals surface area contributed by atoms with E-state index in [-0.39, 0.29) is 25.7 Å². The average molecular weight is 1550 g/mol. The molecule has 0 spiro atoms. The van der Waals surface area contributed by atoms with Crippen molar-refractivity contribution in [3.63, 3.8) is 0 Å². The molecule has 19 heteroatoms. The Hall–Kier alpha value is -2.46. The summed E-state index contributed by atoms with van der Waals surface area (Å²) in [6, 6.07) is 0. The maximum absolute atomic E-state index is 13.2. The summed E-state index contributed by atoms with van der Waals surface area (Å²) in [6.45, 7) is 12.0. The Kier molecular flexibility index (Phi) is 74.7. The summed E-state index contributed by atoms with van der Waals surface area (Å²) in [5.74, 6) is 0.308. The van der Waals surface area contributed by atoms with Gasteiger partial charge >= 0.3 is 39.5 Å². The van der Waals surface area contributed by atoms with Crippen LogP contribution in [-0.4, -0.2) is 96.7 Å². The monoisotopic (exact) mass is 1550 g/mol. The van der Waals surface area contributed by atoms with Gasteiger partial charge in [0.2, 0.25) is 0 Å². The van der Waals surface area contributed by atoms with Crippen LogP contribution in [0.15, 0.2) is 24.3 Å². The first kappa shape index (κ1) is 104. The van der Waals surface area contributed by atoms with Crippen LogP contribution in [0.5, 0.6) is 0 Å². The molecular weight excluding hydrogens is 1380 g/mol. The number of carbonyl (C=O) groups excluding carboxylic acids is 4. The third-order valence-electron chi connectivity index (χ3n) is 20.5. The van der Waals surface area contributed by atoms with Crippen molar-refractivity contribution < 1.29 is 80.2 Å². The third-order valence-corrected chi connectivity index (χ3v) is 22.4. The van der Waals surface area contributed by atoms with Gasteiger partial charge in [-0.25, -0.2) is 9.13 Å². The summed E-state index contributed by atoms with van der Waals surface area (Å²) in [5.41, 5.74) is 0. The van der Waals surface area contributed by atoms with Crippen LogP contribution in [0.25, 0.3) is 0 Å². The molecule has 0 saturated heterocycles. The minimum atomic E-state index is -4.97. The molecule has 17 nitrogen and oxygen atoms in total. The van der Waals surface area contributed by atoms with Gasteiger partial charge in [-0.2, -0.15) is 0 Å². The van der Waals surface area contributed by atoms with Gasteiger partial charge in [0.05, 0.1) is 26.4 Å². The second kappa shape index (κ2) is 76.5. The first-order chi connectivity index (χ1) is 51.3. The van der Waals surface area contributed by atoms with Crippen LogP contribution in [-0.2, 0) is 65.4 Å². The van der Waals surface area contributed by atoms with Crippen LogP contribution in [0.3, 0.4) is 0 Å². The van der Waals surface area contributed by atoms with Crippen LogP contribution < -0.4 is 0 Å². The van der Waals surface area contributed by atoms with E-state index in [1.807, 2.05) is 0 Å². The third kappa shape index (κ3) is 76.9. The number of hydrogen-bond donors (Lipinski definition) is 3. The fourth-order valence-electron chi connectivity index (χ4n) is 12.9. The molecule has 0 rings (SSSR count). The average Bonchev–Trinajstić information content (AvgIpc) is 0.909. The molecule has 0 aliphatic heterocycles. The van der Waals surface area contributed by atoms with Gasteiger partial charge in [-0.1, -0.05) is 381 Å². The maximum atomic E-state index is 13.2. The Bertz CT molecular complexity index is 2140. The minimum Gasteiger partial charge on any atom is -0.462 e. The summed E-state index contributed by atoms with van der Waals surface area (Å²) in [7, 11) is -9.94. The number of esters is 4. The molecule has 0 heterocycles. The van der Waals surface area contributed by atoms with Gasteiger partial charge in [0.1, 0.15) is 19.3 Å². The van der Waals surface area contributed by atoms with Crippen molar-refractivity contribution in [2.45, 2.75) is 452 Å². The summed E-state index contributed by atoms with van der Waals surface area (Å²) in [4.78, 5) is 73.2. The molecule has 106 heavy (non-hydrogen) atoms. The largest absolute Gasteiger partial charge is 0.472 e. The molecule has 626 valence electrons. The second-order valence-electron chi connectivity index (χ2n) is 31.6. The van der Waals surface area contributed by atoms with Crippen LogP contribution in [0, 0.1) is 17.8 Å². The molecule has 0 amide bonds. The quantitative estimate of drug-likeness (QED) is 0.0169. The van der Waals surface area contributed by atoms with Crippen LogP contribution >= 0.6 is 15.6 Å². The molecule has 0 aliphatic carbocycles. The van der Waals surface area contributed by atoms with Gasteiger partial charge in [-0.3, -0.25) is 37.3 Å². The SMILES string of the molecule is CCCCCC/C=C\C=C/CCCCCCCC(=O)O[C@H](COC(=O)CCCCCCCCCCC(C)CC)COP(=O)(O)OC[C@H](O)COP(=O)(O)OC[C@@H](COC(=O)CCCCCCCCCCCCCCCCC(C)C)OC(=O)CCCCCCCCCCCCCCCCCCCCC(C)CC. The number of carbonyl (C=O) groups is 4. The van der Waals surface area contributed by atoms with Crippen molar-refractivity contribution in [3.05, 3.63) is 24.3 Å². The van der Waals surface area contributed by atoms with Crippen LogP contribution in [0.1, 0.15) is 434 Å². The predicted octanol–water partition coefficient (Wildman–Crippen LogP) is 26.0. The highest BCUT2D eigenvalue weighted by molar-refractivity contribution is 7.47. The number of phosphoric ester groups is 2. The van der Waals surface area contributed by atoms with Crippen molar-refractivity contribution in [2.75, 3.05) is 39.6 Å². The van der Waals surface area contributed by atoms with E-state index in [9.17, 15) is 43.2 Å². The van der Waals surface area contributed by atoms with E-state index in [1.54, 1.807) is 0 Å². The van der Waals surface area contributed by atoms with Crippen molar-refractivity contribution in [1.29, 1.82) is 0 Å². The molecule has 0 fully saturated rings. The lowest BCUT2D eigenvalue weighted by atomic mass is 9.99. The molecule has 0 aromatic carbocycles. The van der Waals surface area contributed by atoms with Crippen molar-refractivity contribution in [1.82, 2.24) is 0 Å². The first-order valence-corrected chi connectivity index (χ1v) is 47.2.